The van der Waals surface area contributed by atoms with E-state index in [-0.39, 0.29) is 28.1 Å². The molecule has 2 saturated heterocycles. The number of amides is 1. The third-order valence-electron chi connectivity index (χ3n) is 9.35. The summed E-state index contributed by atoms with van der Waals surface area (Å²) in [6.45, 7) is 9.37. The number of nitriles is 1. The van der Waals surface area contributed by atoms with Gasteiger partial charge in [-0.2, -0.15) is 10.4 Å². The zero-order valence-corrected chi connectivity index (χ0v) is 25.4. The highest BCUT2D eigenvalue weighted by atomic mass is 35.5. The Kier molecular flexibility index (Phi) is 7.39. The van der Waals surface area contributed by atoms with Crippen molar-refractivity contribution >= 4 is 50.8 Å². The number of H-pyrrole nitrogens is 1. The molecule has 7 rings (SSSR count). The molecule has 3 aliphatic rings. The first-order chi connectivity index (χ1) is 21.4. The van der Waals surface area contributed by atoms with Crippen molar-refractivity contribution in [3.05, 3.63) is 59.0 Å². The lowest BCUT2D eigenvalue weighted by atomic mass is 9.94. The molecule has 0 bridgehead atoms. The third kappa shape index (κ3) is 4.94. The summed E-state index contributed by atoms with van der Waals surface area (Å²) >= 11 is 6.93. The summed E-state index contributed by atoms with van der Waals surface area (Å²) in [7, 11) is 0. The van der Waals surface area contributed by atoms with E-state index in [4.69, 9.17) is 16.6 Å². The Morgan fingerprint density at radius 2 is 1.89 bits per heavy atom. The third-order valence-corrected chi connectivity index (χ3v) is 9.65. The van der Waals surface area contributed by atoms with Crippen LogP contribution in [0.4, 0.5) is 15.9 Å². The Hall–Kier alpha value is -4.20. The first-order valence-electron chi connectivity index (χ1n) is 15.2. The normalized spacial score (nSPS) is 18.1. The molecule has 226 valence electrons. The minimum absolute atomic E-state index is 0.119. The summed E-state index contributed by atoms with van der Waals surface area (Å²) in [5.74, 6) is -0.288. The highest BCUT2D eigenvalue weighted by molar-refractivity contribution is 6.35. The number of halogens is 2. The van der Waals surface area contributed by atoms with E-state index in [1.165, 1.54) is 18.9 Å². The molecule has 2 aliphatic heterocycles. The molecule has 3 fully saturated rings. The molecule has 2 N–H and O–H groups in total. The van der Waals surface area contributed by atoms with Crippen LogP contribution in [0.25, 0.3) is 32.9 Å². The van der Waals surface area contributed by atoms with Crippen LogP contribution in [0, 0.1) is 24.1 Å². The lowest BCUT2D eigenvalue weighted by Crippen LogP contribution is -2.48. The van der Waals surface area contributed by atoms with Gasteiger partial charge in [-0.1, -0.05) is 24.2 Å². The van der Waals surface area contributed by atoms with Crippen LogP contribution >= 0.6 is 11.6 Å². The second-order valence-electron chi connectivity index (χ2n) is 12.0. The Balaban J connectivity index is 1.37. The van der Waals surface area contributed by atoms with Crippen molar-refractivity contribution in [2.24, 2.45) is 0 Å². The van der Waals surface area contributed by atoms with Gasteiger partial charge in [0.25, 0.3) is 0 Å². The summed E-state index contributed by atoms with van der Waals surface area (Å²) < 4.78 is 17.0. The maximum atomic E-state index is 17.0. The molecule has 2 aromatic carbocycles. The Morgan fingerprint density at radius 1 is 1.14 bits per heavy atom. The molecule has 1 aliphatic carbocycles. The van der Waals surface area contributed by atoms with E-state index < -0.39 is 5.82 Å². The minimum atomic E-state index is -0.540. The molecule has 4 aromatic rings. The average Bonchev–Trinajstić information content (AvgIpc) is 3.78. The summed E-state index contributed by atoms with van der Waals surface area (Å²) in [4.78, 5) is 23.4. The van der Waals surface area contributed by atoms with E-state index in [1.54, 1.807) is 17.2 Å². The van der Waals surface area contributed by atoms with Crippen LogP contribution in [-0.2, 0) is 4.79 Å². The lowest BCUT2D eigenvalue weighted by Gasteiger charge is -2.37. The monoisotopic (exact) mass is 612 g/mol. The van der Waals surface area contributed by atoms with E-state index in [0.717, 1.165) is 42.4 Å². The number of aromatic amines is 1. The molecule has 11 heteroatoms. The number of nitrogens with zero attached hydrogens (tertiary/aromatic N) is 6. The fraction of sp³-hybridized carbons (Fsp3) is 0.394. The number of fused-ring (bicyclic) bond motifs is 2. The molecule has 0 unspecified atom stereocenters. The number of hydrogen-bond acceptors (Lipinski definition) is 7. The van der Waals surface area contributed by atoms with E-state index in [0.29, 0.717) is 60.2 Å². The van der Waals surface area contributed by atoms with Crippen LogP contribution in [0.5, 0.6) is 0 Å². The zero-order chi connectivity index (χ0) is 30.5. The number of hydrogen-bond donors (Lipinski definition) is 2. The van der Waals surface area contributed by atoms with Gasteiger partial charge >= 0.3 is 0 Å². The molecule has 4 heterocycles. The number of benzene rings is 2. The zero-order valence-electron chi connectivity index (χ0n) is 24.7. The van der Waals surface area contributed by atoms with E-state index >= 15 is 4.39 Å². The van der Waals surface area contributed by atoms with Crippen LogP contribution in [0.2, 0.25) is 5.02 Å². The van der Waals surface area contributed by atoms with Crippen molar-refractivity contribution in [3.63, 3.8) is 0 Å². The van der Waals surface area contributed by atoms with Crippen LogP contribution in [0.15, 0.2) is 37.1 Å². The number of piperazine rings is 1. The number of rotatable bonds is 6. The molecular weight excluding hydrogens is 579 g/mol. The predicted molar refractivity (Wildman–Crippen MR) is 171 cm³/mol. The number of nitrogens with one attached hydrogen (secondary N) is 2. The second-order valence-corrected chi connectivity index (χ2v) is 12.4. The first-order valence-corrected chi connectivity index (χ1v) is 15.6. The number of pyridine rings is 1. The topological polar surface area (TPSA) is 104 Å². The van der Waals surface area contributed by atoms with Crippen molar-refractivity contribution in [1.82, 2.24) is 25.0 Å². The van der Waals surface area contributed by atoms with Gasteiger partial charge in [-0.15, -0.1) is 0 Å². The number of carbonyl (C=O) groups excluding carboxylic acids is 1. The smallest absolute Gasteiger partial charge is 0.246 e. The summed E-state index contributed by atoms with van der Waals surface area (Å²) in [6, 6.07) is 8.78. The van der Waals surface area contributed by atoms with Crippen LogP contribution < -0.4 is 10.2 Å². The Morgan fingerprint density at radius 3 is 2.57 bits per heavy atom. The lowest BCUT2D eigenvalue weighted by molar-refractivity contribution is -0.126. The van der Waals surface area contributed by atoms with Crippen molar-refractivity contribution < 1.29 is 9.18 Å². The van der Waals surface area contributed by atoms with Gasteiger partial charge in [0.15, 0.2) is 5.82 Å². The molecule has 0 atom stereocenters. The highest BCUT2D eigenvalue weighted by Gasteiger charge is 2.33. The van der Waals surface area contributed by atoms with Crippen LogP contribution in [-0.4, -0.2) is 82.2 Å². The van der Waals surface area contributed by atoms with E-state index in [2.05, 4.69) is 33.1 Å². The fourth-order valence-electron chi connectivity index (χ4n) is 6.86. The molecule has 44 heavy (non-hydrogen) atoms. The molecule has 0 spiro atoms. The standard InChI is InChI=1S/C33H34ClFN8O/c1-3-27(44)42-12-14-43(15-13-42)32-22-16-25(34)29(28-19(2)4-7-26-24(28)18-37-40-26)30(35)31(22)39-33(23(32)17-36)38-20-8-10-41(11-9-20)21-5-6-21/h3-4,7,16,18,20-21H,1,5-6,8-15H2,2H3,(H,37,40)(H,38,39). The fourth-order valence-corrected chi connectivity index (χ4v) is 7.15. The Labute approximate surface area is 260 Å². The summed E-state index contributed by atoms with van der Waals surface area (Å²) in [6.07, 6.45) is 7.39. The molecule has 0 radical (unpaired) electrons. The number of anilines is 2. The first kappa shape index (κ1) is 28.6. The number of aromatic nitrogens is 3. The molecule has 2 aromatic heterocycles. The van der Waals surface area contributed by atoms with Gasteiger partial charge in [-0.05, 0) is 56.4 Å². The second kappa shape index (κ2) is 11.4. The van der Waals surface area contributed by atoms with Gasteiger partial charge in [0, 0.05) is 73.3 Å². The van der Waals surface area contributed by atoms with Crippen molar-refractivity contribution in [2.45, 2.75) is 44.7 Å². The number of piperidine rings is 1. The SMILES string of the molecule is C=CC(=O)N1CCN(c2c(C#N)c(NC3CCN(C4CC4)CC3)nc3c(F)c(-c4c(C)ccc5[nH]ncc45)c(Cl)cc23)CC1. The number of likely N-dealkylation sites (tertiary alicyclic amines) is 1. The minimum Gasteiger partial charge on any atom is -0.366 e. The highest BCUT2D eigenvalue weighted by Crippen LogP contribution is 2.44. The number of aryl methyl sites for hydroxylation is 1. The maximum absolute atomic E-state index is 17.0. The van der Waals surface area contributed by atoms with E-state index in [1.807, 2.05) is 24.0 Å². The largest absolute Gasteiger partial charge is 0.366 e. The van der Waals surface area contributed by atoms with Gasteiger partial charge in [0.2, 0.25) is 5.91 Å². The maximum Gasteiger partial charge on any atom is 0.246 e. The average molecular weight is 613 g/mol. The van der Waals surface area contributed by atoms with Gasteiger partial charge in [-0.25, -0.2) is 9.37 Å². The number of carbonyl (C=O) groups is 1. The Bertz CT molecular complexity index is 1830. The summed E-state index contributed by atoms with van der Waals surface area (Å²) in [5.41, 5.74) is 3.66. The van der Waals surface area contributed by atoms with Gasteiger partial charge < -0.3 is 20.0 Å². The predicted octanol–water partition coefficient (Wildman–Crippen LogP) is 5.62. The van der Waals surface area contributed by atoms with Crippen molar-refractivity contribution in [3.8, 4) is 17.2 Å². The molecule has 1 amide bonds. The quantitative estimate of drug-likeness (QED) is 0.272. The molecule has 9 nitrogen and oxygen atoms in total. The summed E-state index contributed by atoms with van der Waals surface area (Å²) in [5, 5.41) is 22.7. The molecule has 1 saturated carbocycles. The van der Waals surface area contributed by atoms with Gasteiger partial charge in [-0.3, -0.25) is 9.89 Å². The van der Waals surface area contributed by atoms with E-state index in [9.17, 15) is 10.1 Å². The van der Waals surface area contributed by atoms with Crippen LogP contribution in [0.3, 0.4) is 0 Å². The van der Waals surface area contributed by atoms with Gasteiger partial charge in [0.1, 0.15) is 23.0 Å². The van der Waals surface area contributed by atoms with Crippen LogP contribution in [0.1, 0.15) is 36.8 Å². The molecular formula is C33H34ClFN8O. The van der Waals surface area contributed by atoms with Crippen molar-refractivity contribution in [1.29, 1.82) is 5.26 Å². The van der Waals surface area contributed by atoms with Gasteiger partial charge in [0.05, 0.1) is 22.4 Å². The van der Waals surface area contributed by atoms with Crippen molar-refractivity contribution in [2.75, 3.05) is 49.5 Å².